The van der Waals surface area contributed by atoms with Gasteiger partial charge in [-0.1, -0.05) is 31.9 Å². The Morgan fingerprint density at radius 1 is 1.06 bits per heavy atom. The standard InChI is InChI=1S/C35H46N4O8Si/c1-23-33(48(2,3)46)30(20-32(42)37-18-8-9-27(37)22-40)47-35(23)28-19-26(39(44)45)15-16-29(28)38(34(35)43)21-24-11-13-25(14-12-24)36-17-7-5-4-6-10-31(36)41/h11-16,19,23,27,30,33,40,46H,4-10,17-18,20-22H2,1-3H3/t23-,27+,30+,33-,35+/m1/s1. The molecule has 0 aromatic heterocycles. The van der Waals surface area contributed by atoms with E-state index in [2.05, 4.69) is 0 Å². The van der Waals surface area contributed by atoms with Crippen molar-refractivity contribution < 1.29 is 33.9 Å². The summed E-state index contributed by atoms with van der Waals surface area (Å²) in [5.74, 6) is -1.07. The Morgan fingerprint density at radius 2 is 1.79 bits per heavy atom. The Hall–Kier alpha value is -3.65. The summed E-state index contributed by atoms with van der Waals surface area (Å²) in [4.78, 5) is 69.2. The number of hydrogen-bond acceptors (Lipinski definition) is 8. The number of aliphatic hydroxyl groups excluding tert-OH is 1. The molecule has 0 saturated carbocycles. The summed E-state index contributed by atoms with van der Waals surface area (Å²) in [7, 11) is -3.08. The van der Waals surface area contributed by atoms with Gasteiger partial charge in [-0.25, -0.2) is 0 Å². The molecule has 3 amide bonds. The van der Waals surface area contributed by atoms with Crippen molar-refractivity contribution in [2.75, 3.05) is 29.5 Å². The molecule has 48 heavy (non-hydrogen) atoms. The molecule has 13 heteroatoms. The predicted molar refractivity (Wildman–Crippen MR) is 182 cm³/mol. The molecule has 0 radical (unpaired) electrons. The number of carbonyl (C=O) groups excluding carboxylic acids is 3. The number of likely N-dealkylation sites (tertiary alicyclic amines) is 1. The molecule has 2 N–H and O–H groups in total. The monoisotopic (exact) mass is 678 g/mol. The number of nitrogens with zero attached hydrogens (tertiary/aromatic N) is 4. The number of hydrogen-bond donors (Lipinski definition) is 2. The third-order valence-electron chi connectivity index (χ3n) is 10.9. The highest BCUT2D eigenvalue weighted by Crippen LogP contribution is 2.60. The highest BCUT2D eigenvalue weighted by atomic mass is 28.4. The van der Waals surface area contributed by atoms with Crippen LogP contribution in [-0.2, 0) is 31.3 Å². The molecule has 12 nitrogen and oxygen atoms in total. The Kier molecular flexibility index (Phi) is 9.51. The average molecular weight is 679 g/mol. The summed E-state index contributed by atoms with van der Waals surface area (Å²) in [6.45, 7) is 6.59. The van der Waals surface area contributed by atoms with Crippen LogP contribution in [0.15, 0.2) is 42.5 Å². The first-order valence-corrected chi connectivity index (χ1v) is 20.2. The maximum absolute atomic E-state index is 14.8. The molecule has 4 aliphatic rings. The molecular weight excluding hydrogens is 632 g/mol. The van der Waals surface area contributed by atoms with Gasteiger partial charge in [0.25, 0.3) is 11.6 Å². The maximum atomic E-state index is 14.8. The van der Waals surface area contributed by atoms with Crippen LogP contribution < -0.4 is 9.80 Å². The quantitative estimate of drug-likeness (QED) is 0.233. The molecule has 5 atom stereocenters. The van der Waals surface area contributed by atoms with Crippen molar-refractivity contribution in [3.8, 4) is 0 Å². The van der Waals surface area contributed by atoms with Crippen LogP contribution in [0.5, 0.6) is 0 Å². The molecule has 4 aliphatic heterocycles. The zero-order valence-electron chi connectivity index (χ0n) is 28.0. The largest absolute Gasteiger partial charge is 0.432 e. The van der Waals surface area contributed by atoms with E-state index in [1.54, 1.807) is 29.0 Å². The van der Waals surface area contributed by atoms with Gasteiger partial charge in [0.05, 0.1) is 42.3 Å². The van der Waals surface area contributed by atoms with E-state index in [4.69, 9.17) is 4.74 Å². The van der Waals surface area contributed by atoms with Gasteiger partial charge in [-0.05, 0) is 62.5 Å². The lowest BCUT2D eigenvalue weighted by atomic mass is 9.82. The Balaban J connectivity index is 1.33. The molecule has 0 unspecified atom stereocenters. The van der Waals surface area contributed by atoms with Crippen molar-refractivity contribution in [2.24, 2.45) is 5.92 Å². The van der Waals surface area contributed by atoms with E-state index in [1.165, 1.54) is 12.1 Å². The number of aliphatic hydroxyl groups is 1. The van der Waals surface area contributed by atoms with Gasteiger partial charge in [0.2, 0.25) is 11.8 Å². The summed E-state index contributed by atoms with van der Waals surface area (Å²) in [5, 5.41) is 21.8. The van der Waals surface area contributed by atoms with E-state index in [9.17, 15) is 34.4 Å². The van der Waals surface area contributed by atoms with E-state index in [-0.39, 0.29) is 49.0 Å². The van der Waals surface area contributed by atoms with Crippen LogP contribution in [-0.4, -0.2) is 77.6 Å². The Labute approximate surface area is 281 Å². The second-order valence-electron chi connectivity index (χ2n) is 14.4. The molecule has 0 bridgehead atoms. The second-order valence-corrected chi connectivity index (χ2v) is 18.3. The van der Waals surface area contributed by atoms with Crippen molar-refractivity contribution in [1.29, 1.82) is 0 Å². The lowest BCUT2D eigenvalue weighted by Crippen LogP contribution is -2.46. The van der Waals surface area contributed by atoms with Gasteiger partial charge in [-0.3, -0.25) is 24.5 Å². The smallest absolute Gasteiger partial charge is 0.269 e. The fourth-order valence-electron chi connectivity index (χ4n) is 8.58. The maximum Gasteiger partial charge on any atom is 0.269 e. The zero-order valence-corrected chi connectivity index (χ0v) is 29.0. The topological polar surface area (TPSA) is 154 Å². The lowest BCUT2D eigenvalue weighted by molar-refractivity contribution is -0.385. The highest BCUT2D eigenvalue weighted by Gasteiger charge is 2.66. The van der Waals surface area contributed by atoms with Crippen molar-refractivity contribution in [2.45, 2.75) is 101 Å². The Bertz CT molecular complexity index is 1580. The van der Waals surface area contributed by atoms with Crippen LogP contribution in [0.1, 0.15) is 69.4 Å². The summed E-state index contributed by atoms with van der Waals surface area (Å²) in [6, 6.07) is 11.7. The van der Waals surface area contributed by atoms with Gasteiger partial charge in [0, 0.05) is 54.4 Å². The zero-order chi connectivity index (χ0) is 34.4. The minimum Gasteiger partial charge on any atom is -0.432 e. The van der Waals surface area contributed by atoms with Crippen LogP contribution in [0, 0.1) is 16.0 Å². The van der Waals surface area contributed by atoms with Gasteiger partial charge in [0.1, 0.15) is 0 Å². The van der Waals surface area contributed by atoms with Gasteiger partial charge < -0.3 is 29.3 Å². The number of non-ortho nitro benzene ring substituents is 1. The van der Waals surface area contributed by atoms with Crippen LogP contribution in [0.3, 0.4) is 0 Å². The number of amides is 3. The first-order valence-electron chi connectivity index (χ1n) is 17.2. The van der Waals surface area contributed by atoms with Gasteiger partial charge >= 0.3 is 0 Å². The lowest BCUT2D eigenvalue weighted by Gasteiger charge is -2.32. The summed E-state index contributed by atoms with van der Waals surface area (Å²) >= 11 is 0. The van der Waals surface area contributed by atoms with E-state index < -0.39 is 36.4 Å². The number of fused-ring (bicyclic) bond motifs is 2. The van der Waals surface area contributed by atoms with Crippen molar-refractivity contribution in [3.63, 3.8) is 0 Å². The van der Waals surface area contributed by atoms with Crippen LogP contribution in [0.2, 0.25) is 18.6 Å². The summed E-state index contributed by atoms with van der Waals surface area (Å²) in [5.41, 5.74) is 0.131. The molecule has 1 spiro atoms. The molecule has 6 rings (SSSR count). The third-order valence-corrected chi connectivity index (χ3v) is 13.4. The number of ether oxygens (including phenoxy) is 1. The summed E-state index contributed by atoms with van der Waals surface area (Å²) < 4.78 is 6.74. The van der Waals surface area contributed by atoms with Crippen LogP contribution in [0.4, 0.5) is 17.1 Å². The Morgan fingerprint density at radius 3 is 2.48 bits per heavy atom. The molecule has 3 fully saturated rings. The first kappa shape index (κ1) is 34.2. The molecule has 258 valence electrons. The number of benzene rings is 2. The van der Waals surface area contributed by atoms with Gasteiger partial charge in [0.15, 0.2) is 13.9 Å². The number of nitro groups is 1. The minimum atomic E-state index is -3.08. The van der Waals surface area contributed by atoms with E-state index in [1.807, 2.05) is 36.1 Å². The molecule has 2 aromatic carbocycles. The normalized spacial score (nSPS) is 27.8. The van der Waals surface area contributed by atoms with Crippen LogP contribution in [0.25, 0.3) is 0 Å². The fraction of sp³-hybridized carbons (Fsp3) is 0.571. The minimum absolute atomic E-state index is 0.0710. The number of anilines is 2. The first-order chi connectivity index (χ1) is 22.9. The number of nitro benzene ring substituents is 1. The SMILES string of the molecule is C[C@@H]1[C@@H]([Si](C)(C)O)[C@H](CC(=O)N2CCC[C@H]2CO)O[C@@]12C(=O)N(Cc1ccc(N3CCCCCCC3=O)cc1)c1ccc([N+](=O)[O-])cc12. The number of carbonyl (C=O) groups is 3. The molecule has 2 aromatic rings. The van der Waals surface area contributed by atoms with E-state index in [0.29, 0.717) is 37.2 Å². The highest BCUT2D eigenvalue weighted by molar-refractivity contribution is 6.71. The predicted octanol–water partition coefficient (Wildman–Crippen LogP) is 4.61. The van der Waals surface area contributed by atoms with Crippen molar-refractivity contribution in [1.82, 2.24) is 4.90 Å². The summed E-state index contributed by atoms with van der Waals surface area (Å²) in [6.07, 6.45) is 5.13. The average Bonchev–Trinajstić information content (AvgIpc) is 3.70. The van der Waals surface area contributed by atoms with Gasteiger partial charge in [-0.15, -0.1) is 0 Å². The molecule has 4 heterocycles. The van der Waals surface area contributed by atoms with Gasteiger partial charge in [-0.2, -0.15) is 0 Å². The molecule has 0 aliphatic carbocycles. The van der Waals surface area contributed by atoms with E-state index >= 15 is 0 Å². The van der Waals surface area contributed by atoms with Crippen molar-refractivity contribution in [3.05, 3.63) is 63.7 Å². The van der Waals surface area contributed by atoms with Crippen molar-refractivity contribution >= 4 is 43.1 Å². The second kappa shape index (κ2) is 13.3. The van der Waals surface area contributed by atoms with E-state index in [0.717, 1.165) is 43.4 Å². The molecule has 3 saturated heterocycles. The fourth-order valence-corrected chi connectivity index (χ4v) is 11.1. The van der Waals surface area contributed by atoms with Crippen LogP contribution >= 0.6 is 0 Å². The third kappa shape index (κ3) is 6.05. The molecular formula is C35H46N4O8Si. The number of rotatable bonds is 8.